The van der Waals surface area contributed by atoms with E-state index in [1.165, 1.54) is 0 Å². The minimum atomic E-state index is -0.677. The molecule has 5 nitrogen and oxygen atoms in total. The largest absolute Gasteiger partial charge is 0.385 e. The fourth-order valence-electron chi connectivity index (χ4n) is 5.93. The molecule has 3 aliphatic rings. The second-order valence-electron chi connectivity index (χ2n) is 10.4. The lowest BCUT2D eigenvalue weighted by Gasteiger charge is -2.41. The maximum absolute atomic E-state index is 14.3. The van der Waals surface area contributed by atoms with Crippen molar-refractivity contribution < 1.29 is 14.3 Å². The first-order chi connectivity index (χ1) is 16.5. The van der Waals surface area contributed by atoms with E-state index in [-0.39, 0.29) is 17.8 Å². The van der Waals surface area contributed by atoms with Crippen molar-refractivity contribution in [2.45, 2.75) is 50.2 Å². The molecule has 182 valence electrons. The van der Waals surface area contributed by atoms with Crippen molar-refractivity contribution in [2.24, 2.45) is 5.92 Å². The van der Waals surface area contributed by atoms with Crippen LogP contribution >= 0.6 is 0 Å². The van der Waals surface area contributed by atoms with Crippen molar-refractivity contribution >= 4 is 17.7 Å². The fourth-order valence-corrected chi connectivity index (χ4v) is 5.93. The standard InChI is InChI=1S/C28H36FN3O2/c1-30-14-16-31(17-15-30)26-10-7-24(29)19-22(26)18-21-4-2-13-32(27(21)20-33)25-8-5-23(6-9-25)28(34)11-3-12-28/h5-10,19-21,27,34H,2-4,11-18H2,1H3. The van der Waals surface area contributed by atoms with Crippen LogP contribution < -0.4 is 9.80 Å². The molecule has 2 saturated heterocycles. The molecule has 0 amide bonds. The van der Waals surface area contributed by atoms with Gasteiger partial charge in [-0.3, -0.25) is 0 Å². The molecule has 3 fully saturated rings. The van der Waals surface area contributed by atoms with Crippen LogP contribution in [-0.4, -0.2) is 62.1 Å². The molecule has 2 unspecified atom stereocenters. The van der Waals surface area contributed by atoms with Gasteiger partial charge in [-0.05, 0) is 92.9 Å². The number of aldehydes is 1. The molecular weight excluding hydrogens is 429 g/mol. The third-order valence-electron chi connectivity index (χ3n) is 8.24. The number of rotatable bonds is 6. The van der Waals surface area contributed by atoms with Crippen LogP contribution in [0.1, 0.15) is 43.2 Å². The number of likely N-dealkylation sites (N-methyl/N-ethyl adjacent to an activating group) is 1. The summed E-state index contributed by atoms with van der Waals surface area (Å²) in [5.74, 6) is -0.0810. The number of piperazine rings is 1. The molecule has 5 rings (SSSR count). The Balaban J connectivity index is 1.35. The number of hydrogen-bond donors (Lipinski definition) is 1. The van der Waals surface area contributed by atoms with Gasteiger partial charge < -0.3 is 24.6 Å². The van der Waals surface area contributed by atoms with Gasteiger partial charge in [-0.1, -0.05) is 12.1 Å². The molecule has 2 atom stereocenters. The Labute approximate surface area is 202 Å². The van der Waals surface area contributed by atoms with Crippen molar-refractivity contribution in [3.8, 4) is 0 Å². The average Bonchev–Trinajstić information content (AvgIpc) is 2.83. The third-order valence-corrected chi connectivity index (χ3v) is 8.24. The summed E-state index contributed by atoms with van der Waals surface area (Å²) in [6, 6.07) is 13.0. The smallest absolute Gasteiger partial charge is 0.142 e. The number of anilines is 2. The normalized spacial score (nSPS) is 25.1. The van der Waals surface area contributed by atoms with Crippen LogP contribution in [0, 0.1) is 11.7 Å². The van der Waals surface area contributed by atoms with E-state index in [1.54, 1.807) is 12.1 Å². The van der Waals surface area contributed by atoms with E-state index in [4.69, 9.17) is 0 Å². The Kier molecular flexibility index (Phi) is 6.63. The Morgan fingerprint density at radius 1 is 1.03 bits per heavy atom. The first kappa shape index (κ1) is 23.3. The molecule has 1 aliphatic carbocycles. The molecule has 0 aromatic heterocycles. The zero-order valence-electron chi connectivity index (χ0n) is 20.1. The summed E-state index contributed by atoms with van der Waals surface area (Å²) < 4.78 is 14.3. The van der Waals surface area contributed by atoms with Crippen LogP contribution in [0.5, 0.6) is 0 Å². The summed E-state index contributed by atoms with van der Waals surface area (Å²) in [6.07, 6.45) is 6.42. The maximum atomic E-state index is 14.3. The summed E-state index contributed by atoms with van der Waals surface area (Å²) in [6.45, 7) is 4.69. The number of carbonyl (C=O) groups excluding carboxylic acids is 1. The molecule has 2 heterocycles. The number of hydrogen-bond acceptors (Lipinski definition) is 5. The van der Waals surface area contributed by atoms with Crippen LogP contribution in [-0.2, 0) is 16.8 Å². The van der Waals surface area contributed by atoms with Crippen LogP contribution in [0.3, 0.4) is 0 Å². The van der Waals surface area contributed by atoms with E-state index in [2.05, 4.69) is 21.7 Å². The topological polar surface area (TPSA) is 47.0 Å². The highest BCUT2D eigenvalue weighted by Crippen LogP contribution is 2.42. The van der Waals surface area contributed by atoms with Crippen molar-refractivity contribution in [3.05, 3.63) is 59.4 Å². The Hall–Kier alpha value is -2.44. The van der Waals surface area contributed by atoms with Gasteiger partial charge in [0.25, 0.3) is 0 Å². The zero-order chi connectivity index (χ0) is 23.7. The highest BCUT2D eigenvalue weighted by atomic mass is 19.1. The van der Waals surface area contributed by atoms with Crippen LogP contribution in [0.2, 0.25) is 0 Å². The van der Waals surface area contributed by atoms with Gasteiger partial charge in [0.15, 0.2) is 0 Å². The van der Waals surface area contributed by atoms with Crippen LogP contribution in [0.15, 0.2) is 42.5 Å². The van der Waals surface area contributed by atoms with Gasteiger partial charge in [0.2, 0.25) is 0 Å². The first-order valence-electron chi connectivity index (χ1n) is 12.7. The molecule has 6 heteroatoms. The number of nitrogens with zero attached hydrogens (tertiary/aromatic N) is 3. The molecule has 1 saturated carbocycles. The second-order valence-corrected chi connectivity index (χ2v) is 10.4. The van der Waals surface area contributed by atoms with Gasteiger partial charge >= 0.3 is 0 Å². The molecular formula is C28H36FN3O2. The number of piperidine rings is 1. The van der Waals surface area contributed by atoms with E-state index in [1.807, 2.05) is 30.3 Å². The van der Waals surface area contributed by atoms with E-state index >= 15 is 0 Å². The molecule has 2 aromatic rings. The SMILES string of the molecule is CN1CCN(c2ccc(F)cc2CC2CCCN(c3ccc(C4(O)CCC4)cc3)C2C=O)CC1. The van der Waals surface area contributed by atoms with Crippen LogP contribution in [0.4, 0.5) is 15.8 Å². The monoisotopic (exact) mass is 465 g/mol. The minimum absolute atomic E-state index is 0.134. The Morgan fingerprint density at radius 2 is 1.76 bits per heavy atom. The number of halogens is 1. The lowest BCUT2D eigenvalue weighted by atomic mass is 9.75. The maximum Gasteiger partial charge on any atom is 0.142 e. The van der Waals surface area contributed by atoms with Crippen molar-refractivity contribution in [2.75, 3.05) is 49.6 Å². The number of aliphatic hydroxyl groups is 1. The van der Waals surface area contributed by atoms with E-state index in [9.17, 15) is 14.3 Å². The number of benzene rings is 2. The van der Waals surface area contributed by atoms with Crippen molar-refractivity contribution in [3.63, 3.8) is 0 Å². The second kappa shape index (κ2) is 9.67. The molecule has 0 spiro atoms. The first-order valence-corrected chi connectivity index (χ1v) is 12.7. The Bertz CT molecular complexity index is 999. The van der Waals surface area contributed by atoms with Crippen molar-refractivity contribution in [1.29, 1.82) is 0 Å². The van der Waals surface area contributed by atoms with Gasteiger partial charge in [-0.15, -0.1) is 0 Å². The highest BCUT2D eigenvalue weighted by molar-refractivity contribution is 5.68. The lowest BCUT2D eigenvalue weighted by molar-refractivity contribution is -0.110. The van der Waals surface area contributed by atoms with Crippen molar-refractivity contribution in [1.82, 2.24) is 4.90 Å². The van der Waals surface area contributed by atoms with Gasteiger partial charge in [0, 0.05) is 44.1 Å². The molecule has 2 aliphatic heterocycles. The van der Waals surface area contributed by atoms with Gasteiger partial charge in [-0.25, -0.2) is 4.39 Å². The van der Waals surface area contributed by atoms with Gasteiger partial charge in [0.1, 0.15) is 12.1 Å². The summed E-state index contributed by atoms with van der Waals surface area (Å²) in [5.41, 5.74) is 3.42. The molecule has 0 bridgehead atoms. The predicted octanol–water partition coefficient (Wildman–Crippen LogP) is 3.98. The lowest BCUT2D eigenvalue weighted by Crippen LogP contribution is -2.47. The summed E-state index contributed by atoms with van der Waals surface area (Å²) in [4.78, 5) is 19.2. The van der Waals surface area contributed by atoms with Gasteiger partial charge in [0.05, 0.1) is 11.6 Å². The Morgan fingerprint density at radius 3 is 2.41 bits per heavy atom. The molecule has 2 aromatic carbocycles. The zero-order valence-corrected chi connectivity index (χ0v) is 20.1. The third kappa shape index (κ3) is 4.58. The average molecular weight is 466 g/mol. The van der Waals surface area contributed by atoms with Crippen LogP contribution in [0.25, 0.3) is 0 Å². The highest BCUT2D eigenvalue weighted by Gasteiger charge is 2.37. The van der Waals surface area contributed by atoms with E-state index < -0.39 is 5.60 Å². The quantitative estimate of drug-likeness (QED) is 0.654. The minimum Gasteiger partial charge on any atom is -0.385 e. The molecule has 34 heavy (non-hydrogen) atoms. The number of carbonyl (C=O) groups is 1. The molecule has 1 N–H and O–H groups in total. The predicted molar refractivity (Wildman–Crippen MR) is 134 cm³/mol. The van der Waals surface area contributed by atoms with E-state index in [0.717, 1.165) is 93.6 Å². The van der Waals surface area contributed by atoms with Gasteiger partial charge in [-0.2, -0.15) is 0 Å². The fraction of sp³-hybridized carbons (Fsp3) is 0.536. The van der Waals surface area contributed by atoms with E-state index in [0.29, 0.717) is 6.42 Å². The summed E-state index contributed by atoms with van der Waals surface area (Å²) in [7, 11) is 2.13. The molecule has 0 radical (unpaired) electrons. The summed E-state index contributed by atoms with van der Waals surface area (Å²) >= 11 is 0. The summed E-state index contributed by atoms with van der Waals surface area (Å²) in [5, 5.41) is 10.7.